The molecule has 0 aromatic rings. The van der Waals surface area contributed by atoms with Gasteiger partial charge in [-0.15, -0.1) is 0 Å². The molecule has 94 valence electrons. The molecule has 0 saturated heterocycles. The van der Waals surface area contributed by atoms with Crippen LogP contribution < -0.4 is 0 Å². The van der Waals surface area contributed by atoms with E-state index >= 15 is 0 Å². The van der Waals surface area contributed by atoms with Crippen molar-refractivity contribution >= 4 is 11.8 Å². The van der Waals surface area contributed by atoms with E-state index in [0.717, 1.165) is 31.3 Å². The Hall–Kier alpha value is -1.12. The van der Waals surface area contributed by atoms with Crippen LogP contribution in [0.2, 0.25) is 0 Å². The van der Waals surface area contributed by atoms with Crippen molar-refractivity contribution in [1.82, 2.24) is 0 Å². The highest BCUT2D eigenvalue weighted by Crippen LogP contribution is 2.49. The molecule has 0 unspecified atom stereocenters. The average molecular weight is 236 g/mol. The minimum Gasteiger partial charge on any atom is -0.463 e. The summed E-state index contributed by atoms with van der Waals surface area (Å²) >= 11 is 0. The Morgan fingerprint density at radius 1 is 1.41 bits per heavy atom. The van der Waals surface area contributed by atoms with E-state index in [1.165, 1.54) is 12.5 Å². The quantitative estimate of drug-likeness (QED) is 0.657. The fraction of sp³-hybridized carbons (Fsp3) is 0.714. The van der Waals surface area contributed by atoms with Crippen molar-refractivity contribution in [3.05, 3.63) is 11.1 Å². The van der Waals surface area contributed by atoms with Crippen LogP contribution in [0.25, 0.3) is 0 Å². The van der Waals surface area contributed by atoms with Gasteiger partial charge in [0.15, 0.2) is 5.78 Å². The van der Waals surface area contributed by atoms with Crippen LogP contribution in [0.15, 0.2) is 11.1 Å². The average Bonchev–Trinajstić information content (AvgIpc) is 2.23. The second-order valence-electron chi connectivity index (χ2n) is 5.56. The van der Waals surface area contributed by atoms with Gasteiger partial charge in [-0.3, -0.25) is 9.59 Å². The Morgan fingerprint density at radius 2 is 2.12 bits per heavy atom. The van der Waals surface area contributed by atoms with Crippen molar-refractivity contribution in [2.24, 2.45) is 5.41 Å². The summed E-state index contributed by atoms with van der Waals surface area (Å²) < 4.78 is 5.32. The molecule has 0 N–H and O–H groups in total. The highest BCUT2D eigenvalue weighted by molar-refractivity contribution is 5.96. The third kappa shape index (κ3) is 2.28. The smallest absolute Gasteiger partial charge is 0.302 e. The van der Waals surface area contributed by atoms with Gasteiger partial charge >= 0.3 is 5.97 Å². The molecule has 0 aromatic carbocycles. The lowest BCUT2D eigenvalue weighted by Crippen LogP contribution is -2.37. The van der Waals surface area contributed by atoms with Gasteiger partial charge in [0.2, 0.25) is 0 Å². The van der Waals surface area contributed by atoms with Gasteiger partial charge in [0.25, 0.3) is 0 Å². The zero-order valence-corrected chi connectivity index (χ0v) is 10.8. The zero-order valence-electron chi connectivity index (χ0n) is 10.8. The molecule has 3 nitrogen and oxygen atoms in total. The first-order valence-electron chi connectivity index (χ1n) is 6.33. The molecule has 0 aromatic heterocycles. The molecule has 2 aliphatic rings. The molecule has 0 amide bonds. The van der Waals surface area contributed by atoms with E-state index in [9.17, 15) is 9.59 Å². The van der Waals surface area contributed by atoms with Gasteiger partial charge in [0.05, 0.1) is 0 Å². The Kier molecular flexibility index (Phi) is 3.11. The Bertz CT molecular complexity index is 394. The third-order valence-electron chi connectivity index (χ3n) is 4.23. The number of Topliss-reactive ketones (excluding diaryl/α,β-unsaturated/α-hetero) is 1. The molecular weight excluding hydrogens is 216 g/mol. The van der Waals surface area contributed by atoms with Gasteiger partial charge in [-0.2, -0.15) is 0 Å². The molecule has 0 radical (unpaired) electrons. The number of rotatable bonds is 1. The van der Waals surface area contributed by atoms with Crippen molar-refractivity contribution in [3.63, 3.8) is 0 Å². The van der Waals surface area contributed by atoms with E-state index in [1.54, 1.807) is 0 Å². The molecule has 0 aliphatic heterocycles. The molecule has 17 heavy (non-hydrogen) atoms. The third-order valence-corrected chi connectivity index (χ3v) is 4.23. The maximum Gasteiger partial charge on any atom is 0.302 e. The van der Waals surface area contributed by atoms with Gasteiger partial charge in [0.1, 0.15) is 6.10 Å². The number of ketones is 1. The van der Waals surface area contributed by atoms with Crippen molar-refractivity contribution in [1.29, 1.82) is 0 Å². The normalized spacial score (nSPS) is 33.4. The van der Waals surface area contributed by atoms with E-state index in [0.29, 0.717) is 12.2 Å². The van der Waals surface area contributed by atoms with Crippen molar-refractivity contribution in [2.45, 2.75) is 59.0 Å². The molecule has 1 saturated carbocycles. The largest absolute Gasteiger partial charge is 0.463 e. The van der Waals surface area contributed by atoms with Crippen LogP contribution in [0.1, 0.15) is 52.9 Å². The van der Waals surface area contributed by atoms with Crippen LogP contribution in [-0.2, 0) is 14.3 Å². The molecule has 2 aliphatic carbocycles. The van der Waals surface area contributed by atoms with Crippen LogP contribution in [-0.4, -0.2) is 17.9 Å². The highest BCUT2D eigenvalue weighted by atomic mass is 16.5. The summed E-state index contributed by atoms with van der Waals surface area (Å²) in [6.07, 6.45) is 4.19. The first-order chi connectivity index (χ1) is 7.92. The fourth-order valence-corrected chi connectivity index (χ4v) is 3.31. The number of carbonyl (C=O) groups is 2. The topological polar surface area (TPSA) is 43.4 Å². The van der Waals surface area contributed by atoms with Gasteiger partial charge in [-0.05, 0) is 43.6 Å². The SMILES string of the molecule is CC(=O)O[C@H]1CCC2=C(C)C(=O)CC[C@@]2(C)C1. The predicted molar refractivity (Wildman–Crippen MR) is 64.5 cm³/mol. The number of carbonyl (C=O) groups excluding carboxylic acids is 2. The lowest BCUT2D eigenvalue weighted by molar-refractivity contribution is -0.149. The monoisotopic (exact) mass is 236 g/mol. The summed E-state index contributed by atoms with van der Waals surface area (Å²) in [4.78, 5) is 22.7. The Morgan fingerprint density at radius 3 is 2.76 bits per heavy atom. The molecule has 0 bridgehead atoms. The second-order valence-corrected chi connectivity index (χ2v) is 5.56. The van der Waals surface area contributed by atoms with E-state index in [4.69, 9.17) is 4.74 Å². The summed E-state index contributed by atoms with van der Waals surface area (Å²) in [6, 6.07) is 0. The number of hydrogen-bond acceptors (Lipinski definition) is 3. The Labute approximate surface area is 102 Å². The lowest BCUT2D eigenvalue weighted by Gasteiger charge is -2.43. The van der Waals surface area contributed by atoms with Crippen LogP contribution in [0.3, 0.4) is 0 Å². The Balaban J connectivity index is 2.20. The van der Waals surface area contributed by atoms with Crippen LogP contribution in [0, 0.1) is 5.41 Å². The summed E-state index contributed by atoms with van der Waals surface area (Å²) in [7, 11) is 0. The molecule has 2 atom stereocenters. The second kappa shape index (κ2) is 4.28. The molecule has 2 rings (SSSR count). The van der Waals surface area contributed by atoms with Gasteiger partial charge < -0.3 is 4.74 Å². The summed E-state index contributed by atoms with van der Waals surface area (Å²) in [5, 5.41) is 0. The molecule has 0 heterocycles. The maximum absolute atomic E-state index is 11.7. The molecular formula is C14H20O3. The summed E-state index contributed by atoms with van der Waals surface area (Å²) in [5.74, 6) is 0.0954. The van der Waals surface area contributed by atoms with Gasteiger partial charge in [-0.1, -0.05) is 12.5 Å². The molecule has 1 fully saturated rings. The number of hydrogen-bond donors (Lipinski definition) is 0. The van der Waals surface area contributed by atoms with E-state index in [2.05, 4.69) is 6.92 Å². The summed E-state index contributed by atoms with van der Waals surface area (Å²) in [6.45, 7) is 5.61. The van der Waals surface area contributed by atoms with Crippen molar-refractivity contribution in [3.8, 4) is 0 Å². The molecule has 0 spiro atoms. The number of esters is 1. The maximum atomic E-state index is 11.7. The van der Waals surface area contributed by atoms with E-state index in [1.807, 2.05) is 6.92 Å². The first-order valence-corrected chi connectivity index (χ1v) is 6.33. The fourth-order valence-electron chi connectivity index (χ4n) is 3.31. The predicted octanol–water partition coefficient (Wildman–Crippen LogP) is 2.79. The minimum absolute atomic E-state index is 0.0299. The van der Waals surface area contributed by atoms with Crippen LogP contribution in [0.5, 0.6) is 0 Å². The van der Waals surface area contributed by atoms with Crippen LogP contribution >= 0.6 is 0 Å². The van der Waals surface area contributed by atoms with Crippen molar-refractivity contribution in [2.75, 3.05) is 0 Å². The summed E-state index contributed by atoms with van der Waals surface area (Å²) in [5.41, 5.74) is 2.33. The number of allylic oxidation sites excluding steroid dienone is 2. The standard InChI is InChI=1S/C14H20O3/c1-9-12-5-4-11(17-10(2)15)8-14(12,3)7-6-13(9)16/h11H,4-8H2,1-3H3/t11-,14-/m0/s1. The number of ether oxygens (including phenoxy) is 1. The van der Waals surface area contributed by atoms with E-state index < -0.39 is 0 Å². The minimum atomic E-state index is -0.199. The van der Waals surface area contributed by atoms with Crippen molar-refractivity contribution < 1.29 is 14.3 Å². The van der Waals surface area contributed by atoms with Crippen LogP contribution in [0.4, 0.5) is 0 Å². The molecule has 3 heteroatoms. The highest BCUT2D eigenvalue weighted by Gasteiger charge is 2.41. The number of fused-ring (bicyclic) bond motifs is 1. The first kappa shape index (κ1) is 12.3. The van der Waals surface area contributed by atoms with Gasteiger partial charge in [0, 0.05) is 13.3 Å². The zero-order chi connectivity index (χ0) is 12.6. The lowest BCUT2D eigenvalue weighted by atomic mass is 9.63. The van der Waals surface area contributed by atoms with E-state index in [-0.39, 0.29) is 17.5 Å². The van der Waals surface area contributed by atoms with Gasteiger partial charge in [-0.25, -0.2) is 0 Å².